The Balaban J connectivity index is 4.98. The standard InChI is InChI=1S/C14H26O2/c1-7-13(4,5)11(15)10-12(16)14(6,8-2)9-3/h10,15H,7-9H2,1-6H3. The van der Waals surface area contributed by atoms with Crippen LogP contribution in [0.4, 0.5) is 0 Å². The van der Waals surface area contributed by atoms with Crippen LogP contribution in [0.2, 0.25) is 0 Å². The first-order valence-corrected chi connectivity index (χ1v) is 6.19. The summed E-state index contributed by atoms with van der Waals surface area (Å²) in [5.74, 6) is 0.240. The quantitative estimate of drug-likeness (QED) is 0.542. The van der Waals surface area contributed by atoms with Crippen LogP contribution < -0.4 is 0 Å². The number of allylic oxidation sites excluding steroid dienone is 2. The molecule has 0 bridgehead atoms. The Morgan fingerprint density at radius 1 is 1.06 bits per heavy atom. The summed E-state index contributed by atoms with van der Waals surface area (Å²) in [7, 11) is 0. The van der Waals surface area contributed by atoms with Gasteiger partial charge in [0, 0.05) is 16.9 Å². The molecule has 1 N–H and O–H groups in total. The van der Waals surface area contributed by atoms with Gasteiger partial charge in [0.25, 0.3) is 0 Å². The number of aliphatic hydroxyl groups is 1. The molecule has 0 unspecified atom stereocenters. The highest BCUT2D eigenvalue weighted by molar-refractivity contribution is 5.94. The number of ketones is 1. The lowest BCUT2D eigenvalue weighted by molar-refractivity contribution is -0.123. The van der Waals surface area contributed by atoms with E-state index in [1.54, 1.807) is 0 Å². The highest BCUT2D eigenvalue weighted by Crippen LogP contribution is 2.31. The summed E-state index contributed by atoms with van der Waals surface area (Å²) < 4.78 is 0. The Kier molecular flexibility index (Phi) is 5.24. The second-order valence-electron chi connectivity index (χ2n) is 5.40. The molecule has 0 amide bonds. The summed E-state index contributed by atoms with van der Waals surface area (Å²) in [4.78, 5) is 12.1. The highest BCUT2D eigenvalue weighted by Gasteiger charge is 2.30. The Morgan fingerprint density at radius 2 is 1.50 bits per heavy atom. The van der Waals surface area contributed by atoms with E-state index in [2.05, 4.69) is 0 Å². The molecule has 2 nitrogen and oxygen atoms in total. The van der Waals surface area contributed by atoms with Crippen LogP contribution in [0.5, 0.6) is 0 Å². The molecule has 0 atom stereocenters. The average molecular weight is 226 g/mol. The zero-order valence-corrected chi connectivity index (χ0v) is 11.6. The van der Waals surface area contributed by atoms with Gasteiger partial charge >= 0.3 is 0 Å². The van der Waals surface area contributed by atoms with Gasteiger partial charge in [-0.05, 0) is 19.3 Å². The topological polar surface area (TPSA) is 37.3 Å². The first-order valence-electron chi connectivity index (χ1n) is 6.19. The second kappa shape index (κ2) is 5.51. The third kappa shape index (κ3) is 3.36. The highest BCUT2D eigenvalue weighted by atomic mass is 16.3. The van der Waals surface area contributed by atoms with Crippen molar-refractivity contribution in [2.24, 2.45) is 10.8 Å². The first-order chi connectivity index (χ1) is 7.23. The number of rotatable bonds is 6. The van der Waals surface area contributed by atoms with Crippen molar-refractivity contribution < 1.29 is 9.90 Å². The van der Waals surface area contributed by atoms with Crippen molar-refractivity contribution in [1.82, 2.24) is 0 Å². The molecule has 0 fully saturated rings. The van der Waals surface area contributed by atoms with Gasteiger partial charge in [-0.2, -0.15) is 0 Å². The van der Waals surface area contributed by atoms with E-state index in [9.17, 15) is 9.90 Å². The van der Waals surface area contributed by atoms with E-state index in [4.69, 9.17) is 0 Å². The summed E-state index contributed by atoms with van der Waals surface area (Å²) in [6, 6.07) is 0. The van der Waals surface area contributed by atoms with E-state index >= 15 is 0 Å². The van der Waals surface area contributed by atoms with Crippen LogP contribution in [-0.2, 0) is 4.79 Å². The molecule has 0 saturated heterocycles. The summed E-state index contributed by atoms with van der Waals surface area (Å²) in [5, 5.41) is 9.94. The van der Waals surface area contributed by atoms with Gasteiger partial charge in [-0.25, -0.2) is 0 Å². The molecule has 0 radical (unpaired) electrons. The molecule has 0 rings (SSSR count). The molecule has 2 heteroatoms. The molecule has 0 heterocycles. The van der Waals surface area contributed by atoms with Crippen LogP contribution >= 0.6 is 0 Å². The minimum atomic E-state index is -0.336. The lowest BCUT2D eigenvalue weighted by Gasteiger charge is -2.26. The van der Waals surface area contributed by atoms with Crippen LogP contribution in [0.3, 0.4) is 0 Å². The SMILES string of the molecule is CCC(C)(C)C(O)=CC(=O)C(C)(CC)CC. The summed E-state index contributed by atoms with van der Waals surface area (Å²) in [5.41, 5.74) is -0.643. The van der Waals surface area contributed by atoms with Crippen LogP contribution in [0.1, 0.15) is 60.8 Å². The number of carbonyl (C=O) groups excluding carboxylic acids is 1. The molecule has 0 aliphatic carbocycles. The monoisotopic (exact) mass is 226 g/mol. The van der Waals surface area contributed by atoms with Crippen LogP contribution in [0, 0.1) is 10.8 Å². The molecular weight excluding hydrogens is 200 g/mol. The van der Waals surface area contributed by atoms with Crippen molar-refractivity contribution in [2.45, 2.75) is 60.8 Å². The maximum absolute atomic E-state index is 12.1. The maximum atomic E-state index is 12.1. The van der Waals surface area contributed by atoms with E-state index in [-0.39, 0.29) is 22.4 Å². The van der Waals surface area contributed by atoms with Crippen molar-refractivity contribution in [2.75, 3.05) is 0 Å². The van der Waals surface area contributed by atoms with Gasteiger partial charge in [0.05, 0.1) is 0 Å². The van der Waals surface area contributed by atoms with Gasteiger partial charge in [0.1, 0.15) is 5.76 Å². The van der Waals surface area contributed by atoms with Gasteiger partial charge in [-0.3, -0.25) is 4.79 Å². The van der Waals surface area contributed by atoms with E-state index in [1.165, 1.54) is 6.08 Å². The first kappa shape index (κ1) is 15.2. The van der Waals surface area contributed by atoms with Crippen LogP contribution in [0.15, 0.2) is 11.8 Å². The van der Waals surface area contributed by atoms with Crippen molar-refractivity contribution in [3.63, 3.8) is 0 Å². The van der Waals surface area contributed by atoms with Crippen LogP contribution in [-0.4, -0.2) is 10.9 Å². The van der Waals surface area contributed by atoms with E-state index < -0.39 is 0 Å². The Hall–Kier alpha value is -0.790. The van der Waals surface area contributed by atoms with Crippen molar-refractivity contribution in [1.29, 1.82) is 0 Å². The van der Waals surface area contributed by atoms with Crippen molar-refractivity contribution in [3.8, 4) is 0 Å². The van der Waals surface area contributed by atoms with Crippen molar-refractivity contribution >= 4 is 5.78 Å². The smallest absolute Gasteiger partial charge is 0.164 e. The largest absolute Gasteiger partial charge is 0.512 e. The van der Waals surface area contributed by atoms with Gasteiger partial charge in [-0.1, -0.05) is 41.5 Å². The molecule has 0 aromatic heterocycles. The zero-order chi connectivity index (χ0) is 13.0. The minimum absolute atomic E-state index is 0.0384. The molecule has 94 valence electrons. The molecule has 0 aliphatic rings. The summed E-state index contributed by atoms with van der Waals surface area (Å²) in [6.45, 7) is 11.9. The molecule has 0 aliphatic heterocycles. The van der Waals surface area contributed by atoms with Gasteiger partial charge in [-0.15, -0.1) is 0 Å². The lowest BCUT2D eigenvalue weighted by atomic mass is 9.78. The lowest BCUT2D eigenvalue weighted by Crippen LogP contribution is -2.26. The minimum Gasteiger partial charge on any atom is -0.512 e. The molecular formula is C14H26O2. The van der Waals surface area contributed by atoms with Gasteiger partial charge < -0.3 is 5.11 Å². The Labute approximate surface area is 99.7 Å². The summed E-state index contributed by atoms with van der Waals surface area (Å²) in [6.07, 6.45) is 3.85. The number of hydrogen-bond donors (Lipinski definition) is 1. The molecule has 16 heavy (non-hydrogen) atoms. The van der Waals surface area contributed by atoms with Crippen LogP contribution in [0.25, 0.3) is 0 Å². The number of carbonyl (C=O) groups is 1. The third-order valence-corrected chi connectivity index (χ3v) is 4.00. The normalized spacial score (nSPS) is 14.0. The molecule has 0 spiro atoms. The second-order valence-corrected chi connectivity index (χ2v) is 5.40. The fraction of sp³-hybridized carbons (Fsp3) is 0.786. The van der Waals surface area contributed by atoms with Crippen molar-refractivity contribution in [3.05, 3.63) is 11.8 Å². The average Bonchev–Trinajstić information content (AvgIpc) is 2.27. The Bertz CT molecular complexity index is 270. The molecule has 0 saturated carbocycles. The maximum Gasteiger partial charge on any atom is 0.164 e. The molecule has 0 aromatic carbocycles. The number of hydrogen-bond acceptors (Lipinski definition) is 2. The summed E-state index contributed by atoms with van der Waals surface area (Å²) >= 11 is 0. The third-order valence-electron chi connectivity index (χ3n) is 4.00. The van der Waals surface area contributed by atoms with Gasteiger partial charge in [0.15, 0.2) is 5.78 Å². The molecule has 0 aromatic rings. The number of aliphatic hydroxyl groups excluding tert-OH is 1. The predicted octanol–water partition coefficient (Wildman–Crippen LogP) is 4.26. The van der Waals surface area contributed by atoms with E-state index in [0.717, 1.165) is 19.3 Å². The fourth-order valence-corrected chi connectivity index (χ4v) is 1.27. The zero-order valence-electron chi connectivity index (χ0n) is 11.6. The fourth-order valence-electron chi connectivity index (χ4n) is 1.27. The van der Waals surface area contributed by atoms with E-state index in [0.29, 0.717) is 0 Å². The van der Waals surface area contributed by atoms with Gasteiger partial charge in [0.2, 0.25) is 0 Å². The Morgan fingerprint density at radius 3 is 1.81 bits per heavy atom. The predicted molar refractivity (Wildman–Crippen MR) is 68.5 cm³/mol. The van der Waals surface area contributed by atoms with E-state index in [1.807, 2.05) is 41.5 Å².